The zero-order chi connectivity index (χ0) is 13.8. The van der Waals surface area contributed by atoms with Crippen molar-refractivity contribution in [2.45, 2.75) is 39.7 Å². The van der Waals surface area contributed by atoms with Crippen LogP contribution in [-0.2, 0) is 16.0 Å². The molecular weight excluding hydrogens is 228 g/mol. The van der Waals surface area contributed by atoms with Crippen LogP contribution in [0.3, 0.4) is 0 Å². The molecule has 0 bridgehead atoms. The third-order valence-corrected chi connectivity index (χ3v) is 2.49. The molecule has 1 rings (SSSR count). The lowest BCUT2D eigenvalue weighted by atomic mass is 10.1. The average molecular weight is 250 g/mol. The molecule has 0 saturated carbocycles. The molecular formula is C15H22O3. The number of carbonyl (C=O) groups is 1. The fraction of sp³-hybridized carbons (Fsp3) is 0.533. The van der Waals surface area contributed by atoms with Crippen molar-refractivity contribution in [3.8, 4) is 5.75 Å². The molecule has 100 valence electrons. The number of methoxy groups -OCH3 is 1. The molecule has 0 fully saturated rings. The maximum atomic E-state index is 11.9. The van der Waals surface area contributed by atoms with Gasteiger partial charge in [-0.2, -0.15) is 0 Å². The number of ether oxygens (including phenoxy) is 2. The quantitative estimate of drug-likeness (QED) is 0.806. The third-order valence-electron chi connectivity index (χ3n) is 2.49. The molecule has 0 saturated heterocycles. The topological polar surface area (TPSA) is 35.5 Å². The molecule has 1 aromatic rings. The van der Waals surface area contributed by atoms with E-state index in [9.17, 15) is 4.79 Å². The predicted molar refractivity (Wildman–Crippen MR) is 72.1 cm³/mol. The number of hydrogen-bond donors (Lipinski definition) is 0. The molecule has 0 radical (unpaired) electrons. The molecule has 0 heterocycles. The van der Waals surface area contributed by atoms with Crippen molar-refractivity contribution in [2.24, 2.45) is 0 Å². The van der Waals surface area contributed by atoms with Crippen LogP contribution in [0.4, 0.5) is 0 Å². The number of Topliss-reactive ketones (excluding diaryl/α,β-unsaturated/α-hetero) is 1. The maximum Gasteiger partial charge on any atom is 0.162 e. The maximum absolute atomic E-state index is 11.9. The van der Waals surface area contributed by atoms with Gasteiger partial charge in [0.2, 0.25) is 0 Å². The van der Waals surface area contributed by atoms with Crippen molar-refractivity contribution in [2.75, 3.05) is 13.7 Å². The van der Waals surface area contributed by atoms with E-state index in [1.54, 1.807) is 7.11 Å². The van der Waals surface area contributed by atoms with Gasteiger partial charge in [-0.1, -0.05) is 17.7 Å². The lowest BCUT2D eigenvalue weighted by Crippen LogP contribution is -2.24. The number of benzene rings is 1. The van der Waals surface area contributed by atoms with Crippen molar-refractivity contribution < 1.29 is 14.3 Å². The van der Waals surface area contributed by atoms with Gasteiger partial charge in [0, 0.05) is 12.0 Å². The summed E-state index contributed by atoms with van der Waals surface area (Å²) in [7, 11) is 1.62. The molecule has 1 aromatic carbocycles. The van der Waals surface area contributed by atoms with Crippen LogP contribution in [-0.4, -0.2) is 25.1 Å². The van der Waals surface area contributed by atoms with E-state index in [0.29, 0.717) is 6.42 Å². The Balaban J connectivity index is 2.66. The Morgan fingerprint density at radius 1 is 1.28 bits per heavy atom. The van der Waals surface area contributed by atoms with E-state index >= 15 is 0 Å². The van der Waals surface area contributed by atoms with E-state index in [2.05, 4.69) is 0 Å². The van der Waals surface area contributed by atoms with E-state index in [1.807, 2.05) is 45.9 Å². The van der Waals surface area contributed by atoms with Crippen molar-refractivity contribution in [1.29, 1.82) is 0 Å². The third kappa shape index (κ3) is 4.88. The lowest BCUT2D eigenvalue weighted by molar-refractivity contribution is -0.127. The summed E-state index contributed by atoms with van der Waals surface area (Å²) in [4.78, 5) is 11.9. The van der Waals surface area contributed by atoms with Gasteiger partial charge in [-0.15, -0.1) is 0 Å². The van der Waals surface area contributed by atoms with Crippen LogP contribution >= 0.6 is 0 Å². The van der Waals surface area contributed by atoms with Crippen LogP contribution in [0.2, 0.25) is 0 Å². The summed E-state index contributed by atoms with van der Waals surface area (Å²) in [5.74, 6) is 0.818. The highest BCUT2D eigenvalue weighted by atomic mass is 16.5. The first kappa shape index (κ1) is 14.7. The van der Waals surface area contributed by atoms with Crippen LogP contribution in [0, 0.1) is 6.92 Å². The minimum absolute atomic E-state index is 0.0637. The van der Waals surface area contributed by atoms with Crippen molar-refractivity contribution in [3.63, 3.8) is 0 Å². The Bertz CT molecular complexity index is 416. The first-order chi connectivity index (χ1) is 8.31. The molecule has 3 heteroatoms. The van der Waals surface area contributed by atoms with Gasteiger partial charge >= 0.3 is 0 Å². The number of ketones is 1. The molecule has 0 aromatic heterocycles. The summed E-state index contributed by atoms with van der Waals surface area (Å²) in [5, 5.41) is 0. The second-order valence-corrected chi connectivity index (χ2v) is 5.43. The summed E-state index contributed by atoms with van der Waals surface area (Å²) in [6.45, 7) is 7.95. The second kappa shape index (κ2) is 6.01. The molecule has 0 aliphatic rings. The first-order valence-electron chi connectivity index (χ1n) is 6.11. The zero-order valence-corrected chi connectivity index (χ0v) is 11.9. The highest BCUT2D eigenvalue weighted by Crippen LogP contribution is 2.20. The summed E-state index contributed by atoms with van der Waals surface area (Å²) < 4.78 is 10.7. The van der Waals surface area contributed by atoms with Gasteiger partial charge in [-0.05, 0) is 33.8 Å². The van der Waals surface area contributed by atoms with Gasteiger partial charge in [0.1, 0.15) is 12.4 Å². The van der Waals surface area contributed by atoms with Gasteiger partial charge in [0.15, 0.2) is 5.78 Å². The summed E-state index contributed by atoms with van der Waals surface area (Å²) in [6, 6.07) is 5.84. The minimum atomic E-state index is -0.285. The fourth-order valence-corrected chi connectivity index (χ4v) is 1.61. The second-order valence-electron chi connectivity index (χ2n) is 5.43. The molecule has 0 N–H and O–H groups in total. The molecule has 18 heavy (non-hydrogen) atoms. The zero-order valence-electron chi connectivity index (χ0n) is 11.9. The highest BCUT2D eigenvalue weighted by Gasteiger charge is 2.14. The Morgan fingerprint density at radius 2 is 1.94 bits per heavy atom. The van der Waals surface area contributed by atoms with Crippen LogP contribution in [0.5, 0.6) is 5.75 Å². The molecule has 0 aliphatic heterocycles. The normalized spacial score (nSPS) is 11.4. The fourth-order valence-electron chi connectivity index (χ4n) is 1.61. The van der Waals surface area contributed by atoms with Gasteiger partial charge < -0.3 is 9.47 Å². The number of carbonyl (C=O) groups excluding carboxylic acids is 1. The van der Waals surface area contributed by atoms with Crippen LogP contribution in [0.25, 0.3) is 0 Å². The SMILES string of the molecule is COc1ccc(C)cc1CC(=O)COC(C)(C)C. The standard InChI is InChI=1S/C15H22O3/c1-11-6-7-14(17-5)12(8-11)9-13(16)10-18-15(2,3)4/h6-8H,9-10H2,1-5H3. The number of hydrogen-bond acceptors (Lipinski definition) is 3. The first-order valence-corrected chi connectivity index (χ1v) is 6.11. The summed E-state index contributed by atoms with van der Waals surface area (Å²) >= 11 is 0. The highest BCUT2D eigenvalue weighted by molar-refractivity contribution is 5.82. The van der Waals surface area contributed by atoms with Crippen molar-refractivity contribution >= 4 is 5.78 Å². The van der Waals surface area contributed by atoms with Gasteiger partial charge in [-0.25, -0.2) is 0 Å². The van der Waals surface area contributed by atoms with Gasteiger partial charge in [-0.3, -0.25) is 4.79 Å². The van der Waals surface area contributed by atoms with Crippen LogP contribution < -0.4 is 4.74 Å². The molecule has 0 unspecified atom stereocenters. The van der Waals surface area contributed by atoms with Gasteiger partial charge in [0.05, 0.1) is 12.7 Å². The van der Waals surface area contributed by atoms with Crippen molar-refractivity contribution in [1.82, 2.24) is 0 Å². The van der Waals surface area contributed by atoms with E-state index in [-0.39, 0.29) is 18.0 Å². The van der Waals surface area contributed by atoms with E-state index in [0.717, 1.165) is 16.9 Å². The van der Waals surface area contributed by atoms with E-state index < -0.39 is 0 Å². The largest absolute Gasteiger partial charge is 0.496 e. The molecule has 0 spiro atoms. The Kier molecular flexibility index (Phi) is 4.91. The average Bonchev–Trinajstić information content (AvgIpc) is 2.26. The van der Waals surface area contributed by atoms with Gasteiger partial charge in [0.25, 0.3) is 0 Å². The smallest absolute Gasteiger partial charge is 0.162 e. The molecule has 3 nitrogen and oxygen atoms in total. The van der Waals surface area contributed by atoms with E-state index in [4.69, 9.17) is 9.47 Å². The van der Waals surface area contributed by atoms with Crippen LogP contribution in [0.1, 0.15) is 31.9 Å². The van der Waals surface area contributed by atoms with Crippen molar-refractivity contribution in [3.05, 3.63) is 29.3 Å². The monoisotopic (exact) mass is 250 g/mol. The Hall–Kier alpha value is -1.35. The number of aryl methyl sites for hydroxylation is 1. The Morgan fingerprint density at radius 3 is 2.50 bits per heavy atom. The molecule has 0 aliphatic carbocycles. The predicted octanol–water partition coefficient (Wildman–Crippen LogP) is 2.93. The summed E-state index contributed by atoms with van der Waals surface area (Å²) in [5.41, 5.74) is 1.75. The molecule has 0 atom stereocenters. The van der Waals surface area contributed by atoms with Crippen LogP contribution in [0.15, 0.2) is 18.2 Å². The lowest BCUT2D eigenvalue weighted by Gasteiger charge is -2.19. The number of rotatable bonds is 5. The van der Waals surface area contributed by atoms with E-state index in [1.165, 1.54) is 0 Å². The molecule has 0 amide bonds. The minimum Gasteiger partial charge on any atom is -0.496 e. The summed E-state index contributed by atoms with van der Waals surface area (Å²) in [6.07, 6.45) is 0.348. The Labute approximate surface area is 109 Å².